The van der Waals surface area contributed by atoms with Gasteiger partial charge in [-0.15, -0.1) is 0 Å². The molecule has 1 saturated carbocycles. The van der Waals surface area contributed by atoms with E-state index in [1.165, 1.54) is 25.7 Å². The van der Waals surface area contributed by atoms with Gasteiger partial charge in [-0.25, -0.2) is 9.97 Å². The van der Waals surface area contributed by atoms with Crippen LogP contribution in [0.1, 0.15) is 48.5 Å². The number of ether oxygens (including phenoxy) is 2. The van der Waals surface area contributed by atoms with Crippen LogP contribution in [-0.2, 0) is 9.47 Å². The quantitative estimate of drug-likeness (QED) is 0.766. The Morgan fingerprint density at radius 3 is 2.59 bits per heavy atom. The molecule has 2 saturated heterocycles. The summed E-state index contributed by atoms with van der Waals surface area (Å²) < 4.78 is 13.2. The number of nitrogens with zero attached hydrogens (tertiary/aromatic N) is 5. The van der Waals surface area contributed by atoms with Crippen LogP contribution in [0, 0.1) is 0 Å². The molecule has 29 heavy (non-hydrogen) atoms. The Morgan fingerprint density at radius 1 is 1.07 bits per heavy atom. The predicted octanol–water partition coefficient (Wildman–Crippen LogP) is 2.07. The first-order chi connectivity index (χ1) is 14.3. The summed E-state index contributed by atoms with van der Waals surface area (Å²) >= 11 is 0. The van der Waals surface area contributed by atoms with Crippen LogP contribution in [0.25, 0.3) is 11.2 Å². The van der Waals surface area contributed by atoms with Gasteiger partial charge in [0.05, 0.1) is 25.1 Å². The Hall–Kier alpha value is -2.03. The molecular formula is C21H29N5O3. The lowest BCUT2D eigenvalue weighted by molar-refractivity contribution is -0.0529. The SMILES string of the molecule is O=C(c1cnc2c(c1)ncn2C1CCCC1)N1CCN(CCC2OCCO2)CC1. The van der Waals surface area contributed by atoms with Crippen molar-refractivity contribution in [3.05, 3.63) is 24.2 Å². The monoisotopic (exact) mass is 399 g/mol. The maximum atomic E-state index is 13.0. The number of pyridine rings is 1. The van der Waals surface area contributed by atoms with E-state index in [2.05, 4.69) is 19.4 Å². The van der Waals surface area contributed by atoms with Crippen LogP contribution in [-0.4, -0.2) is 82.5 Å². The zero-order chi connectivity index (χ0) is 19.6. The van der Waals surface area contributed by atoms with Gasteiger partial charge in [0.15, 0.2) is 11.9 Å². The summed E-state index contributed by atoms with van der Waals surface area (Å²) in [5.41, 5.74) is 2.35. The Bertz CT molecular complexity index is 849. The highest BCUT2D eigenvalue weighted by atomic mass is 16.7. The van der Waals surface area contributed by atoms with Crippen LogP contribution in [0.5, 0.6) is 0 Å². The summed E-state index contributed by atoms with van der Waals surface area (Å²) in [7, 11) is 0. The van der Waals surface area contributed by atoms with Crippen molar-refractivity contribution in [2.24, 2.45) is 0 Å². The molecule has 0 radical (unpaired) electrons. The number of piperazine rings is 1. The maximum absolute atomic E-state index is 13.0. The molecule has 2 aromatic rings. The molecule has 8 nitrogen and oxygen atoms in total. The highest BCUT2D eigenvalue weighted by molar-refractivity contribution is 5.96. The number of hydrogen-bond donors (Lipinski definition) is 0. The second-order valence-electron chi connectivity index (χ2n) is 8.25. The number of carbonyl (C=O) groups is 1. The molecule has 0 unspecified atom stereocenters. The average Bonchev–Trinajstić information content (AvgIpc) is 3.53. The number of amides is 1. The molecule has 0 spiro atoms. The number of imidazole rings is 1. The summed E-state index contributed by atoms with van der Waals surface area (Å²) in [6.07, 6.45) is 9.36. The zero-order valence-electron chi connectivity index (χ0n) is 16.8. The minimum Gasteiger partial charge on any atom is -0.350 e. The minimum absolute atomic E-state index is 0.0527. The van der Waals surface area contributed by atoms with Gasteiger partial charge in [0.1, 0.15) is 5.52 Å². The fourth-order valence-corrected chi connectivity index (χ4v) is 4.70. The van der Waals surface area contributed by atoms with E-state index in [4.69, 9.17) is 9.47 Å². The van der Waals surface area contributed by atoms with Crippen LogP contribution >= 0.6 is 0 Å². The lowest BCUT2D eigenvalue weighted by atomic mass is 10.2. The highest BCUT2D eigenvalue weighted by Gasteiger charge is 2.25. The van der Waals surface area contributed by atoms with E-state index in [1.54, 1.807) is 6.20 Å². The second kappa shape index (κ2) is 8.38. The van der Waals surface area contributed by atoms with Crippen molar-refractivity contribution in [1.29, 1.82) is 0 Å². The number of rotatable bonds is 5. The molecule has 3 aliphatic rings. The lowest BCUT2D eigenvalue weighted by Gasteiger charge is -2.35. The van der Waals surface area contributed by atoms with Crippen LogP contribution in [0.4, 0.5) is 0 Å². The van der Waals surface area contributed by atoms with Crippen molar-refractivity contribution < 1.29 is 14.3 Å². The largest absolute Gasteiger partial charge is 0.350 e. The summed E-state index contributed by atoms with van der Waals surface area (Å²) in [4.78, 5) is 26.4. The van der Waals surface area contributed by atoms with Gasteiger partial charge in [-0.3, -0.25) is 9.69 Å². The molecule has 8 heteroatoms. The van der Waals surface area contributed by atoms with Crippen molar-refractivity contribution >= 4 is 17.1 Å². The fourth-order valence-electron chi connectivity index (χ4n) is 4.70. The van der Waals surface area contributed by atoms with Gasteiger partial charge in [-0.1, -0.05) is 12.8 Å². The van der Waals surface area contributed by atoms with Crippen LogP contribution < -0.4 is 0 Å². The van der Waals surface area contributed by atoms with Gasteiger partial charge >= 0.3 is 0 Å². The Balaban J connectivity index is 1.19. The smallest absolute Gasteiger partial charge is 0.255 e. The van der Waals surface area contributed by atoms with Gasteiger partial charge in [-0.05, 0) is 18.9 Å². The summed E-state index contributed by atoms with van der Waals surface area (Å²) in [5, 5.41) is 0. The third-order valence-electron chi connectivity index (χ3n) is 6.41. The van der Waals surface area contributed by atoms with Crippen molar-refractivity contribution in [1.82, 2.24) is 24.3 Å². The van der Waals surface area contributed by atoms with E-state index in [0.717, 1.165) is 50.3 Å². The van der Waals surface area contributed by atoms with Gasteiger partial charge < -0.3 is 18.9 Å². The average molecular weight is 399 g/mol. The van der Waals surface area contributed by atoms with Gasteiger partial charge in [0.2, 0.25) is 0 Å². The molecule has 2 aliphatic heterocycles. The maximum Gasteiger partial charge on any atom is 0.255 e. The molecule has 0 bridgehead atoms. The number of carbonyl (C=O) groups excluding carboxylic acids is 1. The molecule has 5 rings (SSSR count). The van der Waals surface area contributed by atoms with Crippen molar-refractivity contribution in [2.75, 3.05) is 45.9 Å². The standard InChI is InChI=1S/C21H29N5O3/c27-21(25-9-7-24(8-10-25)6-5-19-28-11-12-29-19)16-13-18-20(22-14-16)26(15-23-18)17-3-1-2-4-17/h13-15,17,19H,1-12H2. The first-order valence-electron chi connectivity index (χ1n) is 10.9. The molecular weight excluding hydrogens is 370 g/mol. The predicted molar refractivity (Wildman–Crippen MR) is 108 cm³/mol. The molecule has 156 valence electrons. The molecule has 0 atom stereocenters. The van der Waals surface area contributed by atoms with E-state index in [1.807, 2.05) is 17.3 Å². The molecule has 4 heterocycles. The van der Waals surface area contributed by atoms with Crippen LogP contribution in [0.15, 0.2) is 18.6 Å². The summed E-state index contributed by atoms with van der Waals surface area (Å²) in [6.45, 7) is 5.57. The minimum atomic E-state index is -0.0588. The van der Waals surface area contributed by atoms with Crippen molar-refractivity contribution in [2.45, 2.75) is 44.4 Å². The molecule has 2 aromatic heterocycles. The Morgan fingerprint density at radius 2 is 1.83 bits per heavy atom. The van der Waals surface area contributed by atoms with E-state index >= 15 is 0 Å². The number of fused-ring (bicyclic) bond motifs is 1. The Labute approximate surface area is 170 Å². The van der Waals surface area contributed by atoms with Crippen molar-refractivity contribution in [3.63, 3.8) is 0 Å². The van der Waals surface area contributed by atoms with E-state index in [9.17, 15) is 4.79 Å². The van der Waals surface area contributed by atoms with E-state index < -0.39 is 0 Å². The number of aromatic nitrogens is 3. The molecule has 0 aromatic carbocycles. The third-order valence-corrected chi connectivity index (χ3v) is 6.41. The first kappa shape index (κ1) is 19.0. The molecule has 1 aliphatic carbocycles. The molecule has 1 amide bonds. The number of hydrogen-bond acceptors (Lipinski definition) is 6. The topological polar surface area (TPSA) is 72.7 Å². The van der Waals surface area contributed by atoms with Gasteiger partial charge in [-0.2, -0.15) is 0 Å². The normalized spacial score (nSPS) is 22.1. The first-order valence-corrected chi connectivity index (χ1v) is 10.9. The highest BCUT2D eigenvalue weighted by Crippen LogP contribution is 2.31. The Kier molecular flexibility index (Phi) is 5.48. The summed E-state index contributed by atoms with van der Waals surface area (Å²) in [5.74, 6) is 0.0527. The lowest BCUT2D eigenvalue weighted by Crippen LogP contribution is -2.49. The van der Waals surface area contributed by atoms with Crippen molar-refractivity contribution in [3.8, 4) is 0 Å². The van der Waals surface area contributed by atoms with E-state index in [0.29, 0.717) is 24.8 Å². The van der Waals surface area contributed by atoms with Crippen LogP contribution in [0.2, 0.25) is 0 Å². The summed E-state index contributed by atoms with van der Waals surface area (Å²) in [6, 6.07) is 2.40. The molecule has 0 N–H and O–H groups in total. The van der Waals surface area contributed by atoms with Crippen LogP contribution in [0.3, 0.4) is 0 Å². The van der Waals surface area contributed by atoms with Gasteiger partial charge in [0.25, 0.3) is 5.91 Å². The zero-order valence-corrected chi connectivity index (χ0v) is 16.8. The van der Waals surface area contributed by atoms with E-state index in [-0.39, 0.29) is 12.2 Å². The third kappa shape index (κ3) is 4.01. The van der Waals surface area contributed by atoms with Gasteiger partial charge in [0, 0.05) is 51.4 Å². The fraction of sp³-hybridized carbons (Fsp3) is 0.667. The second-order valence-corrected chi connectivity index (χ2v) is 8.25. The molecule has 3 fully saturated rings.